The number of Topliss-reactive ketones (excluding diaryl/α,β-unsaturated/α-hetero) is 1. The van der Waals surface area contributed by atoms with E-state index in [0.717, 1.165) is 46.8 Å². The fraction of sp³-hybridized carbons (Fsp3) is 0.450. The van der Waals surface area contributed by atoms with Gasteiger partial charge in [0.15, 0.2) is 5.78 Å². The summed E-state index contributed by atoms with van der Waals surface area (Å²) in [5, 5.41) is 12.5. The smallest absolute Gasteiger partial charge is 0.331 e. The number of hydrogen-bond donors (Lipinski definition) is 1. The van der Waals surface area contributed by atoms with Gasteiger partial charge in [-0.15, -0.1) is 22.7 Å². The fourth-order valence-electron chi connectivity index (χ4n) is 4.00. The number of fused-ring (bicyclic) bond motifs is 1. The number of allylic oxidation sites excluding steroid dienone is 1. The van der Waals surface area contributed by atoms with Crippen LogP contribution in [0.1, 0.15) is 53.1 Å². The highest BCUT2D eigenvalue weighted by Gasteiger charge is 2.28. The number of carboxylic acid groups (broad SMARTS) is 1. The first-order valence-corrected chi connectivity index (χ1v) is 10.8. The number of thiazole rings is 1. The Balaban J connectivity index is 1.71. The first-order valence-electron chi connectivity index (χ1n) is 9.09. The summed E-state index contributed by atoms with van der Waals surface area (Å²) in [4.78, 5) is 31.6. The minimum absolute atomic E-state index is 0.0171. The van der Waals surface area contributed by atoms with Crippen LogP contribution in [0, 0.1) is 6.92 Å². The van der Waals surface area contributed by atoms with Gasteiger partial charge in [-0.2, -0.15) is 0 Å². The number of aliphatic carboxylic acids is 1. The van der Waals surface area contributed by atoms with Crippen LogP contribution in [0.15, 0.2) is 16.5 Å². The summed E-state index contributed by atoms with van der Waals surface area (Å²) in [6.45, 7) is 1.99. The third-order valence-corrected chi connectivity index (χ3v) is 7.48. The van der Waals surface area contributed by atoms with Crippen LogP contribution in [-0.2, 0) is 28.9 Å². The average Bonchev–Trinajstić information content (AvgIpc) is 3.30. The molecule has 0 fully saturated rings. The van der Waals surface area contributed by atoms with Crippen molar-refractivity contribution in [1.82, 2.24) is 4.98 Å². The van der Waals surface area contributed by atoms with Crippen molar-refractivity contribution in [2.45, 2.75) is 58.3 Å². The zero-order valence-electron chi connectivity index (χ0n) is 14.8. The van der Waals surface area contributed by atoms with Crippen molar-refractivity contribution >= 4 is 34.4 Å². The average molecular weight is 388 g/mol. The van der Waals surface area contributed by atoms with E-state index >= 15 is 0 Å². The zero-order chi connectivity index (χ0) is 18.3. The molecule has 0 saturated carbocycles. The molecule has 0 radical (unpaired) electrons. The van der Waals surface area contributed by atoms with Crippen molar-refractivity contribution in [1.29, 1.82) is 0 Å². The fourth-order valence-corrected chi connectivity index (χ4v) is 6.36. The molecule has 0 aromatic carbocycles. The van der Waals surface area contributed by atoms with E-state index in [0.29, 0.717) is 30.4 Å². The third kappa shape index (κ3) is 3.16. The first-order chi connectivity index (χ1) is 12.5. The lowest BCUT2D eigenvalue weighted by Crippen LogP contribution is -2.17. The van der Waals surface area contributed by atoms with E-state index in [-0.39, 0.29) is 5.78 Å². The molecule has 4 nitrogen and oxygen atoms in total. The van der Waals surface area contributed by atoms with Crippen LogP contribution < -0.4 is 0 Å². The minimum atomic E-state index is -0.933. The maximum atomic E-state index is 13.0. The van der Waals surface area contributed by atoms with E-state index in [2.05, 4.69) is 4.98 Å². The second-order valence-corrected chi connectivity index (χ2v) is 9.07. The van der Waals surface area contributed by atoms with E-state index in [4.69, 9.17) is 0 Å². The number of carboxylic acids is 1. The van der Waals surface area contributed by atoms with Crippen LogP contribution in [0.3, 0.4) is 0 Å². The molecule has 2 aromatic heterocycles. The van der Waals surface area contributed by atoms with Crippen LogP contribution in [-0.4, -0.2) is 21.8 Å². The summed E-state index contributed by atoms with van der Waals surface area (Å²) in [6, 6.07) is 0. The Labute approximate surface area is 160 Å². The van der Waals surface area contributed by atoms with E-state index < -0.39 is 5.97 Å². The summed E-state index contributed by atoms with van der Waals surface area (Å²) in [6.07, 6.45) is 6.46. The molecule has 0 spiro atoms. The number of aromatic nitrogens is 1. The molecule has 136 valence electrons. The number of carbonyl (C=O) groups is 2. The molecule has 0 unspecified atom stereocenters. The van der Waals surface area contributed by atoms with Gasteiger partial charge in [0.05, 0.1) is 0 Å². The van der Waals surface area contributed by atoms with Gasteiger partial charge < -0.3 is 5.11 Å². The Kier molecular flexibility index (Phi) is 4.80. The SMILES string of the molecule is Cc1csc(-c2c(CC(=O)C3=C(C(=O)O)CCCC3)sc3c2CCC3)n1. The Morgan fingerprint density at radius 2 is 1.88 bits per heavy atom. The van der Waals surface area contributed by atoms with Crippen LogP contribution in [0.2, 0.25) is 0 Å². The van der Waals surface area contributed by atoms with Gasteiger partial charge in [0.1, 0.15) is 5.01 Å². The predicted molar refractivity (Wildman–Crippen MR) is 104 cm³/mol. The second kappa shape index (κ2) is 7.08. The number of carbonyl (C=O) groups excluding carboxylic acids is 1. The van der Waals surface area contributed by atoms with E-state index in [1.165, 1.54) is 16.9 Å². The molecule has 26 heavy (non-hydrogen) atoms. The molecular weight excluding hydrogens is 366 g/mol. The number of thiophene rings is 1. The van der Waals surface area contributed by atoms with Gasteiger partial charge >= 0.3 is 5.97 Å². The monoisotopic (exact) mass is 387 g/mol. The van der Waals surface area contributed by atoms with Gasteiger partial charge in [-0.25, -0.2) is 9.78 Å². The largest absolute Gasteiger partial charge is 0.478 e. The molecule has 2 aromatic rings. The standard InChI is InChI=1S/C20H21NO3S2/c1-11-10-25-19(21-11)18-14-7-4-8-16(14)26-17(18)9-15(22)12-5-2-3-6-13(12)20(23)24/h10H,2-9H2,1H3,(H,23,24). The Bertz CT molecular complexity index is 920. The van der Waals surface area contributed by atoms with E-state index in [9.17, 15) is 14.7 Å². The van der Waals surface area contributed by atoms with Crippen molar-refractivity contribution < 1.29 is 14.7 Å². The summed E-state index contributed by atoms with van der Waals surface area (Å²) in [5.74, 6) is -0.950. The molecule has 2 heterocycles. The molecular formula is C20H21NO3S2. The Morgan fingerprint density at radius 1 is 1.12 bits per heavy atom. The maximum Gasteiger partial charge on any atom is 0.331 e. The zero-order valence-corrected chi connectivity index (χ0v) is 16.4. The number of nitrogens with zero attached hydrogens (tertiary/aromatic N) is 1. The maximum absolute atomic E-state index is 13.0. The number of rotatable bonds is 5. The Hall–Kier alpha value is -1.79. The number of ketones is 1. The van der Waals surface area contributed by atoms with Gasteiger partial charge in [0.2, 0.25) is 0 Å². The number of hydrogen-bond acceptors (Lipinski definition) is 5. The molecule has 0 bridgehead atoms. The van der Waals surface area contributed by atoms with Gasteiger partial charge in [-0.3, -0.25) is 4.79 Å². The van der Waals surface area contributed by atoms with Crippen molar-refractivity contribution in [2.24, 2.45) is 0 Å². The molecule has 0 saturated heterocycles. The second-order valence-electron chi connectivity index (χ2n) is 7.02. The van der Waals surface area contributed by atoms with Gasteiger partial charge in [-0.05, 0) is 57.4 Å². The predicted octanol–water partition coefficient (Wildman–Crippen LogP) is 4.74. The first kappa shape index (κ1) is 17.6. The number of aryl methyl sites for hydroxylation is 2. The van der Waals surface area contributed by atoms with Crippen LogP contribution in [0.4, 0.5) is 0 Å². The molecule has 6 heteroatoms. The van der Waals surface area contributed by atoms with Crippen molar-refractivity contribution in [3.05, 3.63) is 37.5 Å². The van der Waals surface area contributed by atoms with Crippen molar-refractivity contribution in [3.63, 3.8) is 0 Å². The summed E-state index contributed by atoms with van der Waals surface area (Å²) < 4.78 is 0. The molecule has 1 N–H and O–H groups in total. The van der Waals surface area contributed by atoms with Crippen LogP contribution in [0.5, 0.6) is 0 Å². The highest BCUT2D eigenvalue weighted by atomic mass is 32.1. The topological polar surface area (TPSA) is 67.3 Å². The minimum Gasteiger partial charge on any atom is -0.478 e. The lowest BCUT2D eigenvalue weighted by atomic mass is 9.88. The molecule has 0 atom stereocenters. The van der Waals surface area contributed by atoms with Crippen molar-refractivity contribution in [3.8, 4) is 10.6 Å². The summed E-state index contributed by atoms with van der Waals surface area (Å²) >= 11 is 3.36. The lowest BCUT2D eigenvalue weighted by Gasteiger charge is -2.16. The summed E-state index contributed by atoms with van der Waals surface area (Å²) in [5.41, 5.74) is 4.39. The quantitative estimate of drug-likeness (QED) is 0.805. The summed E-state index contributed by atoms with van der Waals surface area (Å²) in [7, 11) is 0. The van der Waals surface area contributed by atoms with Gasteiger partial charge in [0, 0.05) is 44.0 Å². The van der Waals surface area contributed by atoms with Gasteiger partial charge in [-0.1, -0.05) is 0 Å². The molecule has 0 amide bonds. The van der Waals surface area contributed by atoms with Crippen LogP contribution in [0.25, 0.3) is 10.6 Å². The van der Waals surface area contributed by atoms with Crippen LogP contribution >= 0.6 is 22.7 Å². The lowest BCUT2D eigenvalue weighted by molar-refractivity contribution is -0.133. The molecule has 2 aliphatic carbocycles. The Morgan fingerprint density at radius 3 is 2.58 bits per heavy atom. The third-order valence-electron chi connectivity index (χ3n) is 5.21. The molecule has 4 rings (SSSR count). The normalized spacial score (nSPS) is 16.8. The van der Waals surface area contributed by atoms with E-state index in [1.54, 1.807) is 22.7 Å². The highest BCUT2D eigenvalue weighted by molar-refractivity contribution is 7.15. The van der Waals surface area contributed by atoms with Crippen molar-refractivity contribution in [2.75, 3.05) is 0 Å². The highest BCUT2D eigenvalue weighted by Crippen LogP contribution is 2.43. The molecule has 0 aliphatic heterocycles. The molecule has 2 aliphatic rings. The van der Waals surface area contributed by atoms with Gasteiger partial charge in [0.25, 0.3) is 0 Å². The van der Waals surface area contributed by atoms with E-state index in [1.807, 2.05) is 12.3 Å².